The number of hydrogen-bond donors (Lipinski definition) is 1. The van der Waals surface area contributed by atoms with Crippen LogP contribution in [0.3, 0.4) is 0 Å². The van der Waals surface area contributed by atoms with E-state index in [-0.39, 0.29) is 5.92 Å². The molecule has 1 aliphatic rings. The normalized spacial score (nSPS) is 15.9. The highest BCUT2D eigenvalue weighted by atomic mass is 35.5. The number of carbonyl (C=O) groups is 2. The molecule has 1 aliphatic heterocycles. The van der Waals surface area contributed by atoms with Gasteiger partial charge in [0.1, 0.15) is 0 Å². The monoisotopic (exact) mass is 400 g/mol. The maximum absolute atomic E-state index is 12.4. The number of esters is 1. The minimum atomic E-state index is -0.536. The average Bonchev–Trinajstić information content (AvgIpc) is 3.22. The van der Waals surface area contributed by atoms with Gasteiger partial charge < -0.3 is 15.4 Å². The van der Waals surface area contributed by atoms with Gasteiger partial charge in [0.2, 0.25) is 5.91 Å². The number of benzene rings is 2. The maximum atomic E-state index is 12.4. The number of primary amides is 1. The van der Waals surface area contributed by atoms with Gasteiger partial charge in [0.25, 0.3) is 0 Å². The van der Waals surface area contributed by atoms with Gasteiger partial charge in [0.05, 0.1) is 18.6 Å². The highest BCUT2D eigenvalue weighted by Gasteiger charge is 2.29. The van der Waals surface area contributed by atoms with Gasteiger partial charge in [-0.2, -0.15) is 0 Å². The summed E-state index contributed by atoms with van der Waals surface area (Å²) in [6, 6.07) is 12.7. The number of anilines is 1. The van der Waals surface area contributed by atoms with E-state index in [0.717, 1.165) is 42.7 Å². The first-order valence-corrected chi connectivity index (χ1v) is 9.82. The van der Waals surface area contributed by atoms with Crippen LogP contribution in [0.5, 0.6) is 0 Å². The van der Waals surface area contributed by atoms with Crippen LogP contribution < -0.4 is 10.6 Å². The molecule has 0 spiro atoms. The zero-order chi connectivity index (χ0) is 20.3. The van der Waals surface area contributed by atoms with Crippen molar-refractivity contribution in [1.29, 1.82) is 0 Å². The third kappa shape index (κ3) is 4.14. The summed E-state index contributed by atoms with van der Waals surface area (Å²) in [7, 11) is 1.34. The van der Waals surface area contributed by atoms with Crippen LogP contribution in [-0.4, -0.2) is 32.1 Å². The molecule has 0 radical (unpaired) electrons. The molecule has 28 heavy (non-hydrogen) atoms. The Hall–Kier alpha value is -2.53. The standard InChI is InChI=1S/C22H25ClN2O3/c1-14(18-13-17(23)9-10-19(18)25-11-3-4-12-25)20(21(24)26)15-5-7-16(8-6-15)22(27)28-2/h5-10,13-14,20H,3-4,11-12H2,1-2H3,(H2,24,26). The van der Waals surface area contributed by atoms with Crippen molar-refractivity contribution < 1.29 is 14.3 Å². The zero-order valence-electron chi connectivity index (χ0n) is 16.2. The first-order valence-electron chi connectivity index (χ1n) is 9.44. The topological polar surface area (TPSA) is 72.6 Å². The molecular weight excluding hydrogens is 376 g/mol. The van der Waals surface area contributed by atoms with Crippen LogP contribution in [0.4, 0.5) is 5.69 Å². The fourth-order valence-electron chi connectivity index (χ4n) is 3.96. The Labute approximate surface area is 170 Å². The molecule has 2 aromatic rings. The molecule has 1 saturated heterocycles. The predicted molar refractivity (Wildman–Crippen MR) is 111 cm³/mol. The Kier molecular flexibility index (Phi) is 6.25. The number of halogens is 1. The second kappa shape index (κ2) is 8.65. The predicted octanol–water partition coefficient (Wildman–Crippen LogP) is 4.10. The van der Waals surface area contributed by atoms with Crippen molar-refractivity contribution in [3.05, 3.63) is 64.2 Å². The van der Waals surface area contributed by atoms with Gasteiger partial charge >= 0.3 is 5.97 Å². The van der Waals surface area contributed by atoms with Crippen molar-refractivity contribution in [2.45, 2.75) is 31.6 Å². The average molecular weight is 401 g/mol. The smallest absolute Gasteiger partial charge is 0.337 e. The van der Waals surface area contributed by atoms with Gasteiger partial charge in [-0.05, 0) is 60.2 Å². The summed E-state index contributed by atoms with van der Waals surface area (Å²) < 4.78 is 4.74. The van der Waals surface area contributed by atoms with Crippen LogP contribution in [0.2, 0.25) is 5.02 Å². The van der Waals surface area contributed by atoms with Gasteiger partial charge in [-0.15, -0.1) is 0 Å². The fraction of sp³-hybridized carbons (Fsp3) is 0.364. The molecule has 1 amide bonds. The summed E-state index contributed by atoms with van der Waals surface area (Å²) in [4.78, 5) is 26.4. The Morgan fingerprint density at radius 2 is 1.75 bits per heavy atom. The number of rotatable bonds is 6. The number of nitrogens with two attached hydrogens (primary N) is 1. The van der Waals surface area contributed by atoms with E-state index in [1.807, 2.05) is 25.1 Å². The van der Waals surface area contributed by atoms with Crippen molar-refractivity contribution in [1.82, 2.24) is 0 Å². The lowest BCUT2D eigenvalue weighted by atomic mass is 9.81. The van der Waals surface area contributed by atoms with E-state index in [4.69, 9.17) is 22.1 Å². The fourth-order valence-corrected chi connectivity index (χ4v) is 4.14. The zero-order valence-corrected chi connectivity index (χ0v) is 16.9. The lowest BCUT2D eigenvalue weighted by molar-refractivity contribution is -0.119. The number of carbonyl (C=O) groups excluding carboxylic acids is 2. The molecule has 0 bridgehead atoms. The first kappa shape index (κ1) is 20.2. The molecule has 2 N–H and O–H groups in total. The molecule has 0 saturated carbocycles. The largest absolute Gasteiger partial charge is 0.465 e. The molecule has 1 fully saturated rings. The van der Waals surface area contributed by atoms with Crippen LogP contribution in [0.15, 0.2) is 42.5 Å². The van der Waals surface area contributed by atoms with E-state index in [9.17, 15) is 9.59 Å². The van der Waals surface area contributed by atoms with Gasteiger partial charge in [-0.3, -0.25) is 4.79 Å². The van der Waals surface area contributed by atoms with Crippen LogP contribution in [0, 0.1) is 0 Å². The van der Waals surface area contributed by atoms with Crippen LogP contribution in [0.25, 0.3) is 0 Å². The quantitative estimate of drug-likeness (QED) is 0.741. The molecule has 6 heteroatoms. The summed E-state index contributed by atoms with van der Waals surface area (Å²) in [5, 5.41) is 0.633. The second-order valence-corrected chi connectivity index (χ2v) is 7.62. The Bertz CT molecular complexity index is 861. The SMILES string of the molecule is COC(=O)c1ccc(C(C(N)=O)C(C)c2cc(Cl)ccc2N2CCCC2)cc1. The number of amides is 1. The van der Waals surface area contributed by atoms with Crippen molar-refractivity contribution in [2.24, 2.45) is 5.73 Å². The molecule has 1 heterocycles. The maximum Gasteiger partial charge on any atom is 0.337 e. The summed E-state index contributed by atoms with van der Waals surface area (Å²) in [5.74, 6) is -1.53. The van der Waals surface area contributed by atoms with Crippen LogP contribution >= 0.6 is 11.6 Å². The third-order valence-corrected chi connectivity index (χ3v) is 5.66. The van der Waals surface area contributed by atoms with Crippen molar-refractivity contribution >= 4 is 29.2 Å². The highest BCUT2D eigenvalue weighted by molar-refractivity contribution is 6.30. The minimum Gasteiger partial charge on any atom is -0.465 e. The molecule has 148 valence electrons. The summed E-state index contributed by atoms with van der Waals surface area (Å²) in [6.45, 7) is 3.99. The van der Waals surface area contributed by atoms with Gasteiger partial charge in [0.15, 0.2) is 0 Å². The first-order chi connectivity index (χ1) is 13.4. The highest BCUT2D eigenvalue weighted by Crippen LogP contribution is 2.39. The summed E-state index contributed by atoms with van der Waals surface area (Å²) in [6.07, 6.45) is 2.31. The van der Waals surface area contributed by atoms with Crippen molar-refractivity contribution in [2.75, 3.05) is 25.1 Å². The van der Waals surface area contributed by atoms with Gasteiger partial charge in [-0.25, -0.2) is 4.79 Å². The molecule has 0 aliphatic carbocycles. The van der Waals surface area contributed by atoms with Crippen LogP contribution in [-0.2, 0) is 9.53 Å². The van der Waals surface area contributed by atoms with Crippen molar-refractivity contribution in [3.63, 3.8) is 0 Å². The molecular formula is C22H25ClN2O3. The molecule has 2 unspecified atom stereocenters. The van der Waals surface area contributed by atoms with E-state index >= 15 is 0 Å². The van der Waals surface area contributed by atoms with E-state index in [1.165, 1.54) is 7.11 Å². The number of hydrogen-bond acceptors (Lipinski definition) is 4. The van der Waals surface area contributed by atoms with E-state index in [2.05, 4.69) is 4.90 Å². The van der Waals surface area contributed by atoms with E-state index < -0.39 is 17.8 Å². The Morgan fingerprint density at radius 1 is 1.11 bits per heavy atom. The minimum absolute atomic E-state index is 0.171. The van der Waals surface area contributed by atoms with E-state index in [1.54, 1.807) is 24.3 Å². The van der Waals surface area contributed by atoms with E-state index in [0.29, 0.717) is 10.6 Å². The van der Waals surface area contributed by atoms with Crippen molar-refractivity contribution in [3.8, 4) is 0 Å². The number of methoxy groups -OCH3 is 1. The Morgan fingerprint density at radius 3 is 2.32 bits per heavy atom. The summed E-state index contributed by atoms with van der Waals surface area (Å²) in [5.41, 5.74) is 9.11. The van der Waals surface area contributed by atoms with Crippen LogP contribution in [0.1, 0.15) is 53.1 Å². The molecule has 2 atom stereocenters. The Balaban J connectivity index is 1.98. The van der Waals surface area contributed by atoms with Gasteiger partial charge in [-0.1, -0.05) is 30.7 Å². The lowest BCUT2D eigenvalue weighted by Gasteiger charge is -2.28. The summed E-state index contributed by atoms with van der Waals surface area (Å²) >= 11 is 6.28. The molecule has 5 nitrogen and oxygen atoms in total. The second-order valence-electron chi connectivity index (χ2n) is 7.18. The van der Waals surface area contributed by atoms with Gasteiger partial charge in [0, 0.05) is 23.8 Å². The molecule has 0 aromatic heterocycles. The molecule has 3 rings (SSSR count). The number of ether oxygens (including phenoxy) is 1. The third-order valence-electron chi connectivity index (χ3n) is 5.42. The molecule has 2 aromatic carbocycles. The lowest BCUT2D eigenvalue weighted by Crippen LogP contribution is -2.27. The number of nitrogens with zero attached hydrogens (tertiary/aromatic N) is 1.